The first-order chi connectivity index (χ1) is 9.69. The van der Waals surface area contributed by atoms with Crippen LogP contribution in [0.2, 0.25) is 0 Å². The third-order valence-corrected chi connectivity index (χ3v) is 3.75. The van der Waals surface area contributed by atoms with Crippen molar-refractivity contribution in [2.75, 3.05) is 13.7 Å². The number of carbonyl (C=O) groups excluding carboxylic acids is 1. The topological polar surface area (TPSA) is 50.4 Å². The molecule has 1 aromatic carbocycles. The van der Waals surface area contributed by atoms with Gasteiger partial charge in [0.1, 0.15) is 0 Å². The average Bonchev–Trinajstić information content (AvgIpc) is 2.45. The first-order valence-corrected chi connectivity index (χ1v) is 7.27. The monoisotopic (exact) mass is 276 g/mol. The summed E-state index contributed by atoms with van der Waals surface area (Å²) in [7, 11) is 1.68. The number of hydrogen-bond donors (Lipinski definition) is 2. The Kier molecular flexibility index (Phi) is 5.56. The van der Waals surface area contributed by atoms with Gasteiger partial charge in [0.05, 0.1) is 12.6 Å². The van der Waals surface area contributed by atoms with Gasteiger partial charge in [-0.25, -0.2) is 0 Å². The maximum absolute atomic E-state index is 12.1. The molecule has 2 unspecified atom stereocenters. The van der Waals surface area contributed by atoms with E-state index in [1.54, 1.807) is 7.11 Å². The van der Waals surface area contributed by atoms with Crippen LogP contribution < -0.4 is 10.6 Å². The number of ether oxygens (including phenoxy) is 1. The van der Waals surface area contributed by atoms with Crippen molar-refractivity contribution >= 4 is 5.91 Å². The fourth-order valence-corrected chi connectivity index (χ4v) is 2.62. The standard InChI is InChI=1S/C16H24N2O2/c1-12-6-7-17-15(8-12)16(19)18-10-13-4-3-5-14(9-13)11-20-2/h3-5,9,12,15,17H,6-8,10-11H2,1-2H3,(H,18,19). The van der Waals surface area contributed by atoms with Crippen LogP contribution >= 0.6 is 0 Å². The molecule has 0 radical (unpaired) electrons. The molecule has 20 heavy (non-hydrogen) atoms. The summed E-state index contributed by atoms with van der Waals surface area (Å²) >= 11 is 0. The van der Waals surface area contributed by atoms with E-state index in [-0.39, 0.29) is 11.9 Å². The SMILES string of the molecule is COCc1cccc(CNC(=O)C2CC(C)CCN2)c1. The molecule has 0 spiro atoms. The number of piperidine rings is 1. The van der Waals surface area contributed by atoms with Crippen molar-refractivity contribution in [1.29, 1.82) is 0 Å². The Balaban J connectivity index is 1.85. The largest absolute Gasteiger partial charge is 0.380 e. The molecule has 4 heteroatoms. The van der Waals surface area contributed by atoms with Gasteiger partial charge in [-0.05, 0) is 36.4 Å². The predicted octanol–water partition coefficient (Wildman–Crippen LogP) is 1.84. The van der Waals surface area contributed by atoms with Gasteiger partial charge in [0, 0.05) is 13.7 Å². The summed E-state index contributed by atoms with van der Waals surface area (Å²) in [6.45, 7) is 4.31. The summed E-state index contributed by atoms with van der Waals surface area (Å²) in [5.74, 6) is 0.728. The third-order valence-electron chi connectivity index (χ3n) is 3.75. The molecule has 1 aromatic rings. The van der Waals surface area contributed by atoms with Crippen molar-refractivity contribution in [3.8, 4) is 0 Å². The molecule has 1 aliphatic rings. The molecule has 2 rings (SSSR count). The molecule has 0 bridgehead atoms. The Bertz CT molecular complexity index is 448. The van der Waals surface area contributed by atoms with Crippen LogP contribution in [0.25, 0.3) is 0 Å². The van der Waals surface area contributed by atoms with Gasteiger partial charge in [-0.2, -0.15) is 0 Å². The van der Waals surface area contributed by atoms with Crippen LogP contribution in [0.4, 0.5) is 0 Å². The maximum atomic E-state index is 12.1. The van der Waals surface area contributed by atoms with E-state index in [9.17, 15) is 4.79 Å². The van der Waals surface area contributed by atoms with Gasteiger partial charge in [-0.15, -0.1) is 0 Å². The summed E-state index contributed by atoms with van der Waals surface area (Å²) in [5.41, 5.74) is 2.24. The molecule has 0 aliphatic carbocycles. The van der Waals surface area contributed by atoms with E-state index >= 15 is 0 Å². The smallest absolute Gasteiger partial charge is 0.237 e. The van der Waals surface area contributed by atoms with Crippen LogP contribution in [0.1, 0.15) is 30.9 Å². The van der Waals surface area contributed by atoms with Gasteiger partial charge in [-0.3, -0.25) is 4.79 Å². The minimum Gasteiger partial charge on any atom is -0.380 e. The number of rotatable bonds is 5. The van der Waals surface area contributed by atoms with Crippen molar-refractivity contribution in [3.05, 3.63) is 35.4 Å². The normalized spacial score (nSPS) is 22.5. The van der Waals surface area contributed by atoms with Crippen LogP contribution in [0.3, 0.4) is 0 Å². The Hall–Kier alpha value is -1.39. The van der Waals surface area contributed by atoms with E-state index in [0.717, 1.165) is 30.5 Å². The maximum Gasteiger partial charge on any atom is 0.237 e. The number of hydrogen-bond acceptors (Lipinski definition) is 3. The van der Waals surface area contributed by atoms with Gasteiger partial charge in [0.15, 0.2) is 0 Å². The highest BCUT2D eigenvalue weighted by molar-refractivity contribution is 5.81. The fraction of sp³-hybridized carbons (Fsp3) is 0.562. The van der Waals surface area contributed by atoms with Crippen molar-refractivity contribution in [3.63, 3.8) is 0 Å². The quantitative estimate of drug-likeness (QED) is 0.863. The molecule has 110 valence electrons. The van der Waals surface area contributed by atoms with E-state index in [2.05, 4.69) is 23.6 Å². The summed E-state index contributed by atoms with van der Waals surface area (Å²) in [6.07, 6.45) is 2.08. The van der Waals surface area contributed by atoms with Crippen LogP contribution in [0.15, 0.2) is 24.3 Å². The molecule has 1 amide bonds. The summed E-state index contributed by atoms with van der Waals surface area (Å²) in [4.78, 5) is 12.1. The van der Waals surface area contributed by atoms with E-state index < -0.39 is 0 Å². The zero-order valence-corrected chi connectivity index (χ0v) is 12.3. The van der Waals surface area contributed by atoms with Crippen molar-refractivity contribution in [2.24, 2.45) is 5.92 Å². The fourth-order valence-electron chi connectivity index (χ4n) is 2.62. The molecule has 2 atom stereocenters. The van der Waals surface area contributed by atoms with E-state index in [0.29, 0.717) is 19.1 Å². The van der Waals surface area contributed by atoms with E-state index in [4.69, 9.17) is 4.74 Å². The van der Waals surface area contributed by atoms with Crippen LogP contribution in [-0.4, -0.2) is 25.6 Å². The number of methoxy groups -OCH3 is 1. The second kappa shape index (κ2) is 7.41. The van der Waals surface area contributed by atoms with Gasteiger partial charge in [0.25, 0.3) is 0 Å². The molecule has 1 aliphatic heterocycles. The zero-order valence-electron chi connectivity index (χ0n) is 12.3. The molecule has 1 heterocycles. The predicted molar refractivity (Wildman–Crippen MR) is 79.2 cm³/mol. The number of nitrogens with one attached hydrogen (secondary N) is 2. The summed E-state index contributed by atoms with van der Waals surface area (Å²) in [5, 5.41) is 6.30. The number of amides is 1. The molecule has 4 nitrogen and oxygen atoms in total. The lowest BCUT2D eigenvalue weighted by Gasteiger charge is -2.27. The van der Waals surface area contributed by atoms with Crippen molar-refractivity contribution < 1.29 is 9.53 Å². The third kappa shape index (κ3) is 4.32. The van der Waals surface area contributed by atoms with Crippen LogP contribution in [0.5, 0.6) is 0 Å². The Labute approximate surface area is 120 Å². The van der Waals surface area contributed by atoms with E-state index in [1.165, 1.54) is 0 Å². The zero-order chi connectivity index (χ0) is 14.4. The molecular weight excluding hydrogens is 252 g/mol. The lowest BCUT2D eigenvalue weighted by molar-refractivity contribution is -0.124. The molecular formula is C16H24N2O2. The minimum atomic E-state index is -0.0408. The van der Waals surface area contributed by atoms with Crippen molar-refractivity contribution in [2.45, 2.75) is 39.0 Å². The average molecular weight is 276 g/mol. The highest BCUT2D eigenvalue weighted by atomic mass is 16.5. The highest BCUT2D eigenvalue weighted by Crippen LogP contribution is 2.15. The Morgan fingerprint density at radius 1 is 1.45 bits per heavy atom. The van der Waals surface area contributed by atoms with Crippen molar-refractivity contribution in [1.82, 2.24) is 10.6 Å². The number of benzene rings is 1. The van der Waals surface area contributed by atoms with Gasteiger partial charge >= 0.3 is 0 Å². The molecule has 1 saturated heterocycles. The van der Waals surface area contributed by atoms with Crippen LogP contribution in [-0.2, 0) is 22.7 Å². The van der Waals surface area contributed by atoms with Gasteiger partial charge < -0.3 is 15.4 Å². The van der Waals surface area contributed by atoms with Gasteiger partial charge in [0.2, 0.25) is 5.91 Å². The Morgan fingerprint density at radius 3 is 3.00 bits per heavy atom. The molecule has 0 saturated carbocycles. The second-order valence-electron chi connectivity index (χ2n) is 5.61. The lowest BCUT2D eigenvalue weighted by atomic mass is 9.94. The van der Waals surface area contributed by atoms with Gasteiger partial charge in [-0.1, -0.05) is 31.2 Å². The lowest BCUT2D eigenvalue weighted by Crippen LogP contribution is -2.48. The molecule has 1 fully saturated rings. The number of carbonyl (C=O) groups is 1. The minimum absolute atomic E-state index is 0.0408. The first kappa shape index (κ1) is 15.0. The first-order valence-electron chi connectivity index (χ1n) is 7.27. The molecule has 2 N–H and O–H groups in total. The summed E-state index contributed by atoms with van der Waals surface area (Å²) < 4.78 is 5.12. The van der Waals surface area contributed by atoms with E-state index in [1.807, 2.05) is 18.2 Å². The summed E-state index contributed by atoms with van der Waals surface area (Å²) in [6, 6.07) is 8.08. The van der Waals surface area contributed by atoms with Crippen LogP contribution in [0, 0.1) is 5.92 Å². The highest BCUT2D eigenvalue weighted by Gasteiger charge is 2.23. The second-order valence-corrected chi connectivity index (χ2v) is 5.61. The molecule has 0 aromatic heterocycles. The Morgan fingerprint density at radius 2 is 2.25 bits per heavy atom.